The van der Waals surface area contributed by atoms with E-state index < -0.39 is 21.9 Å². The number of ether oxygens (including phenoxy) is 1. The molecule has 0 aliphatic rings. The van der Waals surface area contributed by atoms with Crippen molar-refractivity contribution in [3.63, 3.8) is 0 Å². The molecule has 98 valence electrons. The first-order valence-electron chi connectivity index (χ1n) is 4.35. The highest BCUT2D eigenvalue weighted by molar-refractivity contribution is 7.95. The third-order valence-electron chi connectivity index (χ3n) is 1.55. The average Bonchev–Trinajstić information content (AvgIpc) is 2.12. The molecule has 0 aliphatic carbocycles. The summed E-state index contributed by atoms with van der Waals surface area (Å²) in [7, 11) is -3.51. The van der Waals surface area contributed by atoms with Gasteiger partial charge in [0, 0.05) is 16.9 Å². The first-order valence-corrected chi connectivity index (χ1v) is 6.62. The molecule has 0 atom stereocenters. The third kappa shape index (κ3) is 5.29. The van der Waals surface area contributed by atoms with Crippen LogP contribution in [-0.2, 0) is 9.84 Å². The highest BCUT2D eigenvalue weighted by atomic mass is 35.5. The van der Waals surface area contributed by atoms with Gasteiger partial charge in [0.05, 0.1) is 11.3 Å². The van der Waals surface area contributed by atoms with Gasteiger partial charge in [-0.25, -0.2) is 8.42 Å². The molecule has 1 aromatic rings. The van der Waals surface area contributed by atoms with E-state index in [2.05, 4.69) is 10.7 Å². The van der Waals surface area contributed by atoms with Crippen molar-refractivity contribution in [3.8, 4) is 16.9 Å². The Morgan fingerprint density at radius 3 is 2.39 bits per heavy atom. The van der Waals surface area contributed by atoms with E-state index in [1.807, 2.05) is 5.25 Å². The summed E-state index contributed by atoms with van der Waals surface area (Å²) in [6, 6.07) is 3.04. The van der Waals surface area contributed by atoms with E-state index in [4.69, 9.17) is 11.6 Å². The van der Waals surface area contributed by atoms with Gasteiger partial charge in [0.15, 0.2) is 0 Å². The summed E-state index contributed by atoms with van der Waals surface area (Å²) in [5.41, 5.74) is 0.0941. The molecule has 0 heterocycles. The lowest BCUT2D eigenvalue weighted by Gasteiger charge is -2.09. The van der Waals surface area contributed by atoms with Gasteiger partial charge in [-0.2, -0.15) is 0 Å². The van der Waals surface area contributed by atoms with Gasteiger partial charge in [-0.3, -0.25) is 0 Å². The fraction of sp³-hybridized carbons (Fsp3) is 0.200. The lowest BCUT2D eigenvalue weighted by atomic mass is 10.2. The minimum atomic E-state index is -4.82. The van der Waals surface area contributed by atoms with Gasteiger partial charge in [-0.1, -0.05) is 11.6 Å². The number of rotatable bonds is 1. The van der Waals surface area contributed by atoms with E-state index in [0.29, 0.717) is 0 Å². The molecule has 1 aromatic carbocycles. The number of sulfone groups is 1. The molecule has 8 heteroatoms. The van der Waals surface area contributed by atoms with Crippen LogP contribution in [0.15, 0.2) is 18.2 Å². The average molecular weight is 299 g/mol. The van der Waals surface area contributed by atoms with E-state index in [0.717, 1.165) is 24.5 Å². The van der Waals surface area contributed by atoms with Crippen molar-refractivity contribution in [1.82, 2.24) is 0 Å². The highest BCUT2D eigenvalue weighted by Crippen LogP contribution is 2.27. The summed E-state index contributed by atoms with van der Waals surface area (Å²) in [6.45, 7) is 0. The molecule has 0 amide bonds. The summed E-state index contributed by atoms with van der Waals surface area (Å²) >= 11 is 5.64. The molecule has 18 heavy (non-hydrogen) atoms. The molecule has 0 aliphatic heterocycles. The predicted molar refractivity (Wildman–Crippen MR) is 59.9 cm³/mol. The second-order valence-electron chi connectivity index (χ2n) is 3.19. The van der Waals surface area contributed by atoms with E-state index in [-0.39, 0.29) is 10.6 Å². The van der Waals surface area contributed by atoms with Crippen LogP contribution < -0.4 is 4.74 Å². The van der Waals surface area contributed by atoms with E-state index in [9.17, 15) is 21.6 Å². The molecular formula is C10H6ClF3O3S. The van der Waals surface area contributed by atoms with Crippen LogP contribution in [0.25, 0.3) is 0 Å². The van der Waals surface area contributed by atoms with E-state index in [1.54, 1.807) is 0 Å². The number of alkyl halides is 3. The molecule has 0 bridgehead atoms. The number of hydrogen-bond donors (Lipinski definition) is 0. The van der Waals surface area contributed by atoms with Crippen LogP contribution in [-0.4, -0.2) is 21.0 Å². The van der Waals surface area contributed by atoms with Crippen molar-refractivity contribution >= 4 is 21.4 Å². The molecule has 0 N–H and O–H groups in total. The van der Waals surface area contributed by atoms with Crippen LogP contribution >= 0.6 is 11.6 Å². The number of halogens is 4. The molecule has 0 fully saturated rings. The molecule has 3 nitrogen and oxygen atoms in total. The van der Waals surface area contributed by atoms with Gasteiger partial charge in [-0.05, 0) is 18.1 Å². The van der Waals surface area contributed by atoms with Crippen LogP contribution in [0, 0.1) is 11.2 Å². The Morgan fingerprint density at radius 1 is 1.33 bits per heavy atom. The molecule has 0 saturated carbocycles. The van der Waals surface area contributed by atoms with Crippen molar-refractivity contribution in [1.29, 1.82) is 0 Å². The maximum absolute atomic E-state index is 11.9. The molecule has 0 radical (unpaired) electrons. The SMILES string of the molecule is CS(=O)(=O)C#Cc1ccc(OC(F)(F)F)cc1Cl. The van der Waals surface area contributed by atoms with Crippen molar-refractivity contribution < 1.29 is 26.3 Å². The first kappa shape index (κ1) is 14.7. The van der Waals surface area contributed by atoms with Crippen molar-refractivity contribution in [2.24, 2.45) is 0 Å². The largest absolute Gasteiger partial charge is 0.573 e. The Balaban J connectivity index is 3.03. The summed E-state index contributed by atoms with van der Waals surface area (Å²) in [5, 5.41) is 1.79. The molecule has 1 rings (SSSR count). The first-order chi connectivity index (χ1) is 8.07. The standard InChI is InChI=1S/C10H6ClF3O3S/c1-18(15,16)5-4-7-2-3-8(6-9(7)11)17-10(12,13)14/h2-3,6H,1H3. The molecule has 0 saturated heterocycles. The van der Waals surface area contributed by atoms with Crippen molar-refractivity contribution in [2.45, 2.75) is 6.36 Å². The highest BCUT2D eigenvalue weighted by Gasteiger charge is 2.31. The fourth-order valence-electron chi connectivity index (χ4n) is 0.942. The number of benzene rings is 1. The minimum Gasteiger partial charge on any atom is -0.406 e. The van der Waals surface area contributed by atoms with Gasteiger partial charge in [-0.15, -0.1) is 13.2 Å². The van der Waals surface area contributed by atoms with Crippen LogP contribution in [0.2, 0.25) is 5.02 Å². The van der Waals surface area contributed by atoms with Gasteiger partial charge in [0.1, 0.15) is 5.75 Å². The molecule has 0 unspecified atom stereocenters. The van der Waals surface area contributed by atoms with Crippen molar-refractivity contribution in [3.05, 3.63) is 28.8 Å². The van der Waals surface area contributed by atoms with Gasteiger partial charge < -0.3 is 4.74 Å². The smallest absolute Gasteiger partial charge is 0.406 e. The summed E-state index contributed by atoms with van der Waals surface area (Å²) in [5.74, 6) is 1.73. The second kappa shape index (κ2) is 5.08. The van der Waals surface area contributed by atoms with Gasteiger partial charge >= 0.3 is 6.36 Å². The maximum Gasteiger partial charge on any atom is 0.573 e. The Kier molecular flexibility index (Phi) is 4.14. The summed E-state index contributed by atoms with van der Waals surface area (Å²) in [4.78, 5) is 0. The van der Waals surface area contributed by atoms with Crippen molar-refractivity contribution in [2.75, 3.05) is 6.26 Å². The molecule has 0 spiro atoms. The monoisotopic (exact) mass is 298 g/mol. The van der Waals surface area contributed by atoms with E-state index >= 15 is 0 Å². The lowest BCUT2D eigenvalue weighted by Crippen LogP contribution is -2.17. The van der Waals surface area contributed by atoms with Gasteiger partial charge in [0.25, 0.3) is 0 Å². The van der Waals surface area contributed by atoms with Crippen LogP contribution in [0.1, 0.15) is 5.56 Å². The Bertz CT molecular complexity index is 611. The van der Waals surface area contributed by atoms with Crippen LogP contribution in [0.4, 0.5) is 13.2 Å². The summed E-state index contributed by atoms with van der Waals surface area (Å²) < 4.78 is 60.9. The lowest BCUT2D eigenvalue weighted by molar-refractivity contribution is -0.274. The Labute approximate surface area is 106 Å². The number of hydrogen-bond acceptors (Lipinski definition) is 3. The van der Waals surface area contributed by atoms with Crippen LogP contribution in [0.5, 0.6) is 5.75 Å². The Hall–Kier alpha value is -1.39. The predicted octanol–water partition coefficient (Wildman–Crippen LogP) is 2.59. The van der Waals surface area contributed by atoms with Crippen LogP contribution in [0.3, 0.4) is 0 Å². The molecular weight excluding hydrogens is 293 g/mol. The Morgan fingerprint density at radius 2 is 1.94 bits per heavy atom. The topological polar surface area (TPSA) is 43.4 Å². The molecule has 0 aromatic heterocycles. The third-order valence-corrected chi connectivity index (χ3v) is 2.33. The zero-order valence-electron chi connectivity index (χ0n) is 8.88. The van der Waals surface area contributed by atoms with Gasteiger partial charge in [0.2, 0.25) is 9.84 Å². The quantitative estimate of drug-likeness (QED) is 0.749. The maximum atomic E-state index is 11.9. The second-order valence-corrected chi connectivity index (χ2v) is 5.34. The normalized spacial score (nSPS) is 11.6. The zero-order valence-corrected chi connectivity index (χ0v) is 10.4. The van der Waals surface area contributed by atoms with E-state index in [1.165, 1.54) is 0 Å². The fourth-order valence-corrected chi connectivity index (χ4v) is 1.46. The zero-order chi connectivity index (χ0) is 14.0. The minimum absolute atomic E-state index is 0.0941. The summed E-state index contributed by atoms with van der Waals surface area (Å²) in [6.07, 6.45) is -3.92.